The van der Waals surface area contributed by atoms with E-state index in [-0.39, 0.29) is 0 Å². The van der Waals surface area contributed by atoms with E-state index in [1.165, 1.54) is 0 Å². The molecule has 0 atom stereocenters. The molecule has 2 aromatic carbocycles. The number of fused-ring (bicyclic) bond motifs is 1. The summed E-state index contributed by atoms with van der Waals surface area (Å²) in [5, 5.41) is 1.56. The van der Waals surface area contributed by atoms with Gasteiger partial charge in [-0.25, -0.2) is 4.79 Å². The number of hydrogen-bond acceptors (Lipinski definition) is 3. The van der Waals surface area contributed by atoms with Crippen molar-refractivity contribution in [2.45, 2.75) is 13.5 Å². The highest BCUT2D eigenvalue weighted by atomic mass is 35.5. The third-order valence-electron chi connectivity index (χ3n) is 3.75. The summed E-state index contributed by atoms with van der Waals surface area (Å²) >= 11 is 11.4. The van der Waals surface area contributed by atoms with Crippen LogP contribution < -0.4 is 0 Å². The van der Waals surface area contributed by atoms with Gasteiger partial charge in [0.2, 0.25) is 0 Å². The topological polar surface area (TPSA) is 31.2 Å². The quantitative estimate of drug-likeness (QED) is 0.472. The van der Waals surface area contributed by atoms with Crippen molar-refractivity contribution >= 4 is 40.7 Å². The van der Waals surface area contributed by atoms with Crippen molar-refractivity contribution in [2.75, 3.05) is 6.61 Å². The summed E-state index contributed by atoms with van der Waals surface area (Å²) in [6.07, 6.45) is 1.78. The summed E-state index contributed by atoms with van der Waals surface area (Å²) in [7, 11) is 0. The van der Waals surface area contributed by atoms with Crippen LogP contribution in [-0.4, -0.2) is 17.1 Å². The second-order valence-corrected chi connectivity index (χ2v) is 6.21. The number of carbonyl (C=O) groups excluding carboxylic acids is 1. The fourth-order valence-electron chi connectivity index (χ4n) is 2.62. The van der Waals surface area contributed by atoms with E-state index in [1.54, 1.807) is 13.1 Å². The predicted molar refractivity (Wildman–Crippen MR) is 99.3 cm³/mol. The van der Waals surface area contributed by atoms with E-state index in [9.17, 15) is 4.79 Å². The van der Waals surface area contributed by atoms with Crippen LogP contribution in [0.3, 0.4) is 0 Å². The number of rotatable bonds is 4. The molecule has 0 aliphatic rings. The monoisotopic (exact) mass is 357 g/mol. The molecule has 0 N–H and O–H groups in total. The Balaban J connectivity index is 2.15. The lowest BCUT2D eigenvalue weighted by atomic mass is 10.1. The van der Waals surface area contributed by atoms with Crippen molar-refractivity contribution in [1.82, 2.24) is 4.57 Å². The van der Waals surface area contributed by atoms with Crippen molar-refractivity contribution in [3.05, 3.63) is 75.4 Å². The Kier molecular flexibility index (Phi) is 4.97. The fourth-order valence-corrected chi connectivity index (χ4v) is 3.05. The van der Waals surface area contributed by atoms with Crippen LogP contribution in [0, 0.1) is 4.51 Å². The first-order valence-corrected chi connectivity index (χ1v) is 8.42. The summed E-state index contributed by atoms with van der Waals surface area (Å²) in [5.74, 6) is -0.391. The van der Waals surface area contributed by atoms with Crippen LogP contribution in [-0.2, 0) is 11.3 Å². The van der Waals surface area contributed by atoms with Crippen molar-refractivity contribution in [1.29, 1.82) is 0 Å². The minimum atomic E-state index is -0.391. The highest BCUT2D eigenvalue weighted by Gasteiger charge is 2.14. The number of ether oxygens (including phenoxy) is 1. The number of nitrogens with zero attached hydrogens (tertiary/aromatic N) is 1. The first-order valence-electron chi connectivity index (χ1n) is 7.64. The van der Waals surface area contributed by atoms with Crippen LogP contribution in [0.15, 0.2) is 54.7 Å². The summed E-state index contributed by atoms with van der Waals surface area (Å²) in [4.78, 5) is 12.2. The number of para-hydroxylation sites is 1. The minimum absolute atomic E-state index is 0.317. The van der Waals surface area contributed by atoms with Crippen LogP contribution in [0.25, 0.3) is 10.9 Å². The normalized spacial score (nSPS) is 10.8. The van der Waals surface area contributed by atoms with Crippen LogP contribution >= 0.6 is 23.8 Å². The number of pyridine rings is 1. The van der Waals surface area contributed by atoms with Gasteiger partial charge in [0.15, 0.2) is 0 Å². The number of benzene rings is 2. The third-order valence-corrected chi connectivity index (χ3v) is 4.44. The second kappa shape index (κ2) is 7.16. The van der Waals surface area contributed by atoms with Crippen LogP contribution in [0.2, 0.25) is 5.02 Å². The molecule has 0 aliphatic heterocycles. The van der Waals surface area contributed by atoms with Gasteiger partial charge in [-0.05, 0) is 30.7 Å². The minimum Gasteiger partial charge on any atom is -0.462 e. The van der Waals surface area contributed by atoms with E-state index in [2.05, 4.69) is 0 Å². The molecule has 0 unspecified atom stereocenters. The molecule has 3 rings (SSSR count). The van der Waals surface area contributed by atoms with Crippen LogP contribution in [0.4, 0.5) is 0 Å². The number of hydrogen-bond donors (Lipinski definition) is 0. The molecule has 0 saturated carbocycles. The van der Waals surface area contributed by atoms with Gasteiger partial charge in [0.1, 0.15) is 0 Å². The number of aromatic nitrogens is 1. The van der Waals surface area contributed by atoms with Gasteiger partial charge in [0.25, 0.3) is 0 Å². The van der Waals surface area contributed by atoms with E-state index in [4.69, 9.17) is 28.6 Å². The molecule has 0 bridgehead atoms. The maximum atomic E-state index is 12.2. The lowest BCUT2D eigenvalue weighted by Crippen LogP contribution is -2.11. The molecule has 122 valence electrons. The van der Waals surface area contributed by atoms with Gasteiger partial charge in [-0.3, -0.25) is 0 Å². The Bertz CT molecular complexity index is 948. The lowest BCUT2D eigenvalue weighted by molar-refractivity contribution is 0.0525. The number of esters is 1. The molecule has 1 aromatic heterocycles. The highest BCUT2D eigenvalue weighted by molar-refractivity contribution is 7.71. The highest BCUT2D eigenvalue weighted by Crippen LogP contribution is 2.21. The summed E-state index contributed by atoms with van der Waals surface area (Å²) in [5.41, 5.74) is 2.48. The summed E-state index contributed by atoms with van der Waals surface area (Å²) < 4.78 is 7.68. The molecule has 0 aliphatic carbocycles. The van der Waals surface area contributed by atoms with Gasteiger partial charge in [0.05, 0.1) is 16.7 Å². The van der Waals surface area contributed by atoms with Gasteiger partial charge in [-0.2, -0.15) is 0 Å². The maximum Gasteiger partial charge on any atom is 0.341 e. The molecule has 24 heavy (non-hydrogen) atoms. The van der Waals surface area contributed by atoms with E-state index in [1.807, 2.05) is 53.1 Å². The van der Waals surface area contributed by atoms with Crippen molar-refractivity contribution in [2.24, 2.45) is 0 Å². The van der Waals surface area contributed by atoms with E-state index in [0.29, 0.717) is 28.2 Å². The molecule has 5 heteroatoms. The average Bonchev–Trinajstić information content (AvgIpc) is 2.59. The van der Waals surface area contributed by atoms with Gasteiger partial charge < -0.3 is 9.30 Å². The first kappa shape index (κ1) is 16.7. The summed E-state index contributed by atoms with van der Waals surface area (Å²) in [6, 6.07) is 15.4. The number of halogens is 1. The molecule has 0 spiro atoms. The molecular formula is C19H16ClNO2S. The molecule has 3 aromatic rings. The molecule has 0 saturated heterocycles. The molecule has 0 fully saturated rings. The van der Waals surface area contributed by atoms with Gasteiger partial charge in [0, 0.05) is 28.7 Å². The van der Waals surface area contributed by atoms with E-state index in [0.717, 1.165) is 16.5 Å². The standard InChI is InChI=1S/C19H16ClNO2S/c1-2-23-19(22)16-12-21(11-13-7-9-14(20)10-8-13)17-6-4-3-5-15(17)18(16)24/h3-10,12H,2,11H2,1H3. The Hall–Kier alpha value is -2.17. The molecule has 0 amide bonds. The van der Waals surface area contributed by atoms with Crippen molar-refractivity contribution in [3.63, 3.8) is 0 Å². The Morgan fingerprint density at radius 3 is 2.58 bits per heavy atom. The summed E-state index contributed by atoms with van der Waals surface area (Å²) in [6.45, 7) is 2.71. The predicted octanol–water partition coefficient (Wildman–Crippen LogP) is 5.25. The zero-order chi connectivity index (χ0) is 17.1. The van der Waals surface area contributed by atoms with E-state index >= 15 is 0 Å². The zero-order valence-electron chi connectivity index (χ0n) is 13.2. The largest absolute Gasteiger partial charge is 0.462 e. The Morgan fingerprint density at radius 2 is 1.88 bits per heavy atom. The molecule has 0 radical (unpaired) electrons. The third kappa shape index (κ3) is 3.35. The van der Waals surface area contributed by atoms with Gasteiger partial charge in [-0.1, -0.05) is 54.2 Å². The fraction of sp³-hybridized carbons (Fsp3) is 0.158. The second-order valence-electron chi connectivity index (χ2n) is 5.36. The van der Waals surface area contributed by atoms with Crippen LogP contribution in [0.5, 0.6) is 0 Å². The smallest absolute Gasteiger partial charge is 0.341 e. The lowest BCUT2D eigenvalue weighted by Gasteiger charge is -2.14. The molecule has 1 heterocycles. The molecule has 3 nitrogen and oxygen atoms in total. The Morgan fingerprint density at radius 1 is 1.17 bits per heavy atom. The number of carbonyl (C=O) groups is 1. The SMILES string of the molecule is CCOC(=O)c1cn(Cc2ccc(Cl)cc2)c2ccccc2c1=S. The van der Waals surface area contributed by atoms with Crippen molar-refractivity contribution < 1.29 is 9.53 Å². The van der Waals surface area contributed by atoms with Crippen LogP contribution in [0.1, 0.15) is 22.8 Å². The van der Waals surface area contributed by atoms with E-state index < -0.39 is 5.97 Å². The maximum absolute atomic E-state index is 12.2. The zero-order valence-corrected chi connectivity index (χ0v) is 14.7. The average molecular weight is 358 g/mol. The molecular weight excluding hydrogens is 342 g/mol. The van der Waals surface area contributed by atoms with Gasteiger partial charge >= 0.3 is 5.97 Å². The van der Waals surface area contributed by atoms with Gasteiger partial charge in [-0.15, -0.1) is 0 Å². The first-order chi connectivity index (χ1) is 11.6. The van der Waals surface area contributed by atoms with Crippen molar-refractivity contribution in [3.8, 4) is 0 Å². The Labute approximate surface area is 150 Å².